The highest BCUT2D eigenvalue weighted by molar-refractivity contribution is 5.97. The van der Waals surface area contributed by atoms with E-state index in [2.05, 4.69) is 44.5 Å². The molecule has 10 heteroatoms. The number of amides is 1. The van der Waals surface area contributed by atoms with E-state index in [1.807, 2.05) is 42.5 Å². The van der Waals surface area contributed by atoms with E-state index >= 15 is 0 Å². The van der Waals surface area contributed by atoms with Crippen molar-refractivity contribution in [2.45, 2.75) is 50.3 Å². The standard InChI is InChI=1S/C32H42N8O2/c1-38-17-19-40(20-18-38)26-13-15-39(16-14-26)25-10-7-23(8-11-25)34-32-29(30(33)42)36-28(22-5-3-2-4-6-22)31(37-32)35-24-9-12-27(41)21-24/h2-8,10-11,24,26-27,41H,9,12-21H2,1H3,(H2,33,42)(H2,34,35,37)/t24-,27-/m1/s1. The van der Waals surface area contributed by atoms with Crippen LogP contribution >= 0.6 is 0 Å². The minimum atomic E-state index is -0.648. The Balaban J connectivity index is 1.18. The molecule has 0 radical (unpaired) electrons. The van der Waals surface area contributed by atoms with Gasteiger partial charge in [-0.25, -0.2) is 9.97 Å². The largest absolute Gasteiger partial charge is 0.393 e. The maximum Gasteiger partial charge on any atom is 0.271 e. The third-order valence-corrected chi connectivity index (χ3v) is 8.94. The lowest BCUT2D eigenvalue weighted by atomic mass is 10.0. The van der Waals surface area contributed by atoms with Gasteiger partial charge in [-0.15, -0.1) is 0 Å². The summed E-state index contributed by atoms with van der Waals surface area (Å²) in [5.41, 5.74) is 9.27. The van der Waals surface area contributed by atoms with E-state index in [1.165, 1.54) is 31.6 Å². The van der Waals surface area contributed by atoms with Gasteiger partial charge in [0, 0.05) is 68.3 Å². The monoisotopic (exact) mass is 570 g/mol. The summed E-state index contributed by atoms with van der Waals surface area (Å²) in [5, 5.41) is 16.8. The van der Waals surface area contributed by atoms with Gasteiger partial charge >= 0.3 is 0 Å². The van der Waals surface area contributed by atoms with Crippen LogP contribution in [0.4, 0.5) is 23.0 Å². The molecule has 3 aliphatic rings. The molecule has 0 unspecified atom stereocenters. The number of aromatic nitrogens is 2. The maximum absolute atomic E-state index is 12.5. The number of aliphatic hydroxyl groups excluding tert-OH is 1. The molecule has 1 amide bonds. The van der Waals surface area contributed by atoms with Gasteiger partial charge in [-0.2, -0.15) is 0 Å². The number of benzene rings is 2. The van der Waals surface area contributed by atoms with Gasteiger partial charge in [-0.1, -0.05) is 30.3 Å². The van der Waals surface area contributed by atoms with Crippen LogP contribution in [0.3, 0.4) is 0 Å². The number of piperidine rings is 1. The smallest absolute Gasteiger partial charge is 0.271 e. The van der Waals surface area contributed by atoms with Gasteiger partial charge in [0.05, 0.1) is 6.10 Å². The number of carbonyl (C=O) groups is 1. The van der Waals surface area contributed by atoms with Crippen molar-refractivity contribution in [2.24, 2.45) is 5.73 Å². The van der Waals surface area contributed by atoms with Gasteiger partial charge in [0.2, 0.25) is 0 Å². The second kappa shape index (κ2) is 12.6. The van der Waals surface area contributed by atoms with E-state index in [4.69, 9.17) is 15.7 Å². The Morgan fingerprint density at radius 3 is 2.24 bits per heavy atom. The summed E-state index contributed by atoms with van der Waals surface area (Å²) in [7, 11) is 2.21. The SMILES string of the molecule is CN1CCN(C2CCN(c3ccc(Nc4nc(N[C@@H]5CC[C@@H](O)C5)c(-c5ccccc5)nc4C(N)=O)cc3)CC2)CC1. The van der Waals surface area contributed by atoms with Crippen molar-refractivity contribution < 1.29 is 9.90 Å². The molecule has 2 saturated heterocycles. The van der Waals surface area contributed by atoms with Gasteiger partial charge in [-0.05, 0) is 63.4 Å². The number of rotatable bonds is 8. The third kappa shape index (κ3) is 6.51. The van der Waals surface area contributed by atoms with Gasteiger partial charge in [0.15, 0.2) is 17.3 Å². The van der Waals surface area contributed by atoms with Crippen LogP contribution in [0.2, 0.25) is 0 Å². The second-order valence-corrected chi connectivity index (χ2v) is 11.9. The number of nitrogens with zero attached hydrogens (tertiary/aromatic N) is 5. The quantitative estimate of drug-likeness (QED) is 0.322. The molecule has 42 heavy (non-hydrogen) atoms. The molecule has 3 aromatic rings. The zero-order chi connectivity index (χ0) is 29.1. The number of piperazine rings is 1. The van der Waals surface area contributed by atoms with Crippen molar-refractivity contribution >= 4 is 28.9 Å². The molecule has 2 aliphatic heterocycles. The van der Waals surface area contributed by atoms with Crippen LogP contribution in [0.5, 0.6) is 0 Å². The molecule has 1 saturated carbocycles. The van der Waals surface area contributed by atoms with Crippen LogP contribution in [-0.2, 0) is 0 Å². The lowest BCUT2D eigenvalue weighted by Gasteiger charge is -2.42. The van der Waals surface area contributed by atoms with Gasteiger partial charge < -0.3 is 31.3 Å². The van der Waals surface area contributed by atoms with E-state index in [0.717, 1.165) is 50.3 Å². The molecule has 2 atom stereocenters. The van der Waals surface area contributed by atoms with Gasteiger partial charge in [0.1, 0.15) is 5.69 Å². The first-order valence-corrected chi connectivity index (χ1v) is 15.2. The fourth-order valence-electron chi connectivity index (χ4n) is 6.44. The van der Waals surface area contributed by atoms with Crippen molar-refractivity contribution in [1.29, 1.82) is 0 Å². The second-order valence-electron chi connectivity index (χ2n) is 11.9. The molecule has 5 N–H and O–H groups in total. The Morgan fingerprint density at radius 2 is 1.60 bits per heavy atom. The molecule has 2 aromatic carbocycles. The van der Waals surface area contributed by atoms with E-state index < -0.39 is 5.91 Å². The van der Waals surface area contributed by atoms with Crippen molar-refractivity contribution in [3.8, 4) is 11.3 Å². The number of primary amides is 1. The highest BCUT2D eigenvalue weighted by atomic mass is 16.3. The zero-order valence-electron chi connectivity index (χ0n) is 24.4. The molecule has 1 aliphatic carbocycles. The van der Waals surface area contributed by atoms with Gasteiger partial charge in [0.25, 0.3) is 5.91 Å². The topological polar surface area (TPSA) is 123 Å². The average molecular weight is 571 g/mol. The van der Waals surface area contributed by atoms with Crippen LogP contribution in [0.25, 0.3) is 11.3 Å². The summed E-state index contributed by atoms with van der Waals surface area (Å²) in [6, 6.07) is 18.7. The fraction of sp³-hybridized carbons (Fsp3) is 0.469. The summed E-state index contributed by atoms with van der Waals surface area (Å²) in [4.78, 5) is 29.6. The van der Waals surface area contributed by atoms with Crippen LogP contribution in [0.15, 0.2) is 54.6 Å². The summed E-state index contributed by atoms with van der Waals surface area (Å²) in [5.74, 6) is 0.224. The molecular formula is C32H42N8O2. The van der Waals surface area contributed by atoms with Crippen molar-refractivity contribution in [1.82, 2.24) is 19.8 Å². The lowest BCUT2D eigenvalue weighted by molar-refractivity contribution is 0.0982. The number of carbonyl (C=O) groups excluding carboxylic acids is 1. The molecule has 10 nitrogen and oxygen atoms in total. The van der Waals surface area contributed by atoms with Crippen molar-refractivity contribution in [2.75, 3.05) is 61.8 Å². The molecule has 3 heterocycles. The molecular weight excluding hydrogens is 528 g/mol. The Morgan fingerprint density at radius 1 is 0.881 bits per heavy atom. The maximum atomic E-state index is 12.5. The van der Waals surface area contributed by atoms with E-state index in [0.29, 0.717) is 29.8 Å². The van der Waals surface area contributed by atoms with Crippen molar-refractivity contribution in [3.05, 3.63) is 60.3 Å². The predicted octanol–water partition coefficient (Wildman–Crippen LogP) is 3.53. The Labute approximate surface area is 247 Å². The Bertz CT molecular complexity index is 1350. The normalized spacial score (nSPS) is 22.3. The minimum absolute atomic E-state index is 0.0729. The molecule has 0 bridgehead atoms. The first-order chi connectivity index (χ1) is 20.4. The molecule has 3 fully saturated rings. The summed E-state index contributed by atoms with van der Waals surface area (Å²) in [6.45, 7) is 6.76. The summed E-state index contributed by atoms with van der Waals surface area (Å²) in [6.07, 6.45) is 4.27. The number of nitrogens with two attached hydrogens (primary N) is 1. The van der Waals surface area contributed by atoms with Crippen LogP contribution in [-0.4, -0.2) is 95.3 Å². The lowest BCUT2D eigenvalue weighted by Crippen LogP contribution is -2.52. The zero-order valence-corrected chi connectivity index (χ0v) is 24.4. The molecule has 222 valence electrons. The van der Waals surface area contributed by atoms with Gasteiger partial charge in [-0.3, -0.25) is 9.69 Å². The number of hydrogen-bond acceptors (Lipinski definition) is 9. The number of anilines is 4. The summed E-state index contributed by atoms with van der Waals surface area (Å²) >= 11 is 0. The van der Waals surface area contributed by atoms with Crippen molar-refractivity contribution in [3.63, 3.8) is 0 Å². The highest BCUT2D eigenvalue weighted by Crippen LogP contribution is 2.32. The van der Waals surface area contributed by atoms with Crippen LogP contribution in [0.1, 0.15) is 42.6 Å². The molecule has 0 spiro atoms. The van der Waals surface area contributed by atoms with E-state index in [-0.39, 0.29) is 17.8 Å². The Hall–Kier alpha value is -3.73. The predicted molar refractivity (Wildman–Crippen MR) is 167 cm³/mol. The number of hydrogen-bond donors (Lipinski definition) is 4. The highest BCUT2D eigenvalue weighted by Gasteiger charge is 2.28. The summed E-state index contributed by atoms with van der Waals surface area (Å²) < 4.78 is 0. The number of nitrogens with one attached hydrogen (secondary N) is 2. The molecule has 6 rings (SSSR count). The van der Waals surface area contributed by atoms with Crippen LogP contribution in [0, 0.1) is 0 Å². The minimum Gasteiger partial charge on any atom is -0.393 e. The third-order valence-electron chi connectivity index (χ3n) is 8.94. The first-order valence-electron chi connectivity index (χ1n) is 15.2. The number of likely N-dealkylation sites (N-methyl/N-ethyl adjacent to an activating group) is 1. The fourth-order valence-corrected chi connectivity index (χ4v) is 6.44. The molecule has 1 aromatic heterocycles. The average Bonchev–Trinajstić information content (AvgIpc) is 3.42. The van der Waals surface area contributed by atoms with E-state index in [1.54, 1.807) is 0 Å². The first kappa shape index (κ1) is 28.4. The van der Waals surface area contributed by atoms with E-state index in [9.17, 15) is 9.90 Å². The Kier molecular flexibility index (Phi) is 8.55. The number of aliphatic hydroxyl groups is 1. The van der Waals surface area contributed by atoms with Crippen LogP contribution < -0.4 is 21.3 Å².